The summed E-state index contributed by atoms with van der Waals surface area (Å²) in [5.74, 6) is -0.299. The molecule has 0 fully saturated rings. The van der Waals surface area contributed by atoms with E-state index in [4.69, 9.17) is 17.3 Å². The van der Waals surface area contributed by atoms with Gasteiger partial charge >= 0.3 is 0 Å². The van der Waals surface area contributed by atoms with Crippen molar-refractivity contribution in [2.75, 3.05) is 0 Å². The molecule has 0 aliphatic rings. The van der Waals surface area contributed by atoms with Gasteiger partial charge in [0.15, 0.2) is 0 Å². The van der Waals surface area contributed by atoms with Crippen LogP contribution in [0.5, 0.6) is 0 Å². The van der Waals surface area contributed by atoms with Crippen molar-refractivity contribution in [3.8, 4) is 0 Å². The molecule has 0 aliphatic heterocycles. The van der Waals surface area contributed by atoms with E-state index in [1.54, 1.807) is 18.2 Å². The van der Waals surface area contributed by atoms with E-state index in [0.29, 0.717) is 10.6 Å². The number of rotatable bonds is 2. The fourth-order valence-electron chi connectivity index (χ4n) is 1.60. The molecule has 1 unspecified atom stereocenters. The molecule has 0 heterocycles. The lowest BCUT2D eigenvalue weighted by Gasteiger charge is -2.14. The first-order chi connectivity index (χ1) is 8.08. The maximum atomic E-state index is 13.2. The largest absolute Gasteiger partial charge is 0.320 e. The highest BCUT2D eigenvalue weighted by atomic mass is 79.9. The van der Waals surface area contributed by atoms with Gasteiger partial charge in [0.1, 0.15) is 5.82 Å². The summed E-state index contributed by atoms with van der Waals surface area (Å²) in [6.45, 7) is 0. The smallest absolute Gasteiger partial charge is 0.123 e. The molecule has 0 bridgehead atoms. The molecule has 88 valence electrons. The summed E-state index contributed by atoms with van der Waals surface area (Å²) in [5, 5.41) is 0.652. The van der Waals surface area contributed by atoms with Crippen molar-refractivity contribution in [3.63, 3.8) is 0 Å². The summed E-state index contributed by atoms with van der Waals surface area (Å²) < 4.78 is 14.0. The molecule has 2 rings (SSSR count). The molecule has 0 aliphatic carbocycles. The van der Waals surface area contributed by atoms with Gasteiger partial charge in [0.05, 0.1) is 6.04 Å². The van der Waals surface area contributed by atoms with Gasteiger partial charge in [0.2, 0.25) is 0 Å². The molecule has 1 atom stereocenters. The van der Waals surface area contributed by atoms with Gasteiger partial charge in [-0.3, -0.25) is 0 Å². The van der Waals surface area contributed by atoms with E-state index in [0.717, 1.165) is 10.0 Å². The first-order valence-corrected chi connectivity index (χ1v) is 6.21. The van der Waals surface area contributed by atoms with Gasteiger partial charge in [-0.25, -0.2) is 4.39 Å². The molecule has 0 saturated carbocycles. The lowest BCUT2D eigenvalue weighted by molar-refractivity contribution is 0.623. The number of halogens is 3. The summed E-state index contributed by atoms with van der Waals surface area (Å²) >= 11 is 9.18. The lowest BCUT2D eigenvalue weighted by atomic mass is 10.00. The van der Waals surface area contributed by atoms with Crippen molar-refractivity contribution in [1.82, 2.24) is 0 Å². The average Bonchev–Trinajstić information content (AvgIpc) is 2.32. The van der Waals surface area contributed by atoms with Crippen LogP contribution in [0.4, 0.5) is 4.39 Å². The minimum Gasteiger partial charge on any atom is -0.320 e. The first kappa shape index (κ1) is 12.6. The Morgan fingerprint density at radius 1 is 1.12 bits per heavy atom. The van der Waals surface area contributed by atoms with E-state index in [1.165, 1.54) is 12.1 Å². The van der Waals surface area contributed by atoms with Crippen LogP contribution in [-0.2, 0) is 0 Å². The van der Waals surface area contributed by atoms with Crippen LogP contribution >= 0.6 is 27.5 Å². The van der Waals surface area contributed by atoms with Crippen molar-refractivity contribution < 1.29 is 4.39 Å². The Hall–Kier alpha value is -0.900. The Bertz CT molecular complexity index is 527. The normalized spacial score (nSPS) is 12.5. The van der Waals surface area contributed by atoms with E-state index in [-0.39, 0.29) is 11.9 Å². The third-order valence-corrected chi connectivity index (χ3v) is 3.50. The molecule has 17 heavy (non-hydrogen) atoms. The van der Waals surface area contributed by atoms with E-state index in [9.17, 15) is 4.39 Å². The topological polar surface area (TPSA) is 26.0 Å². The molecule has 2 aromatic carbocycles. The molecule has 0 aromatic heterocycles. The van der Waals surface area contributed by atoms with Crippen LogP contribution in [0.2, 0.25) is 5.02 Å². The Kier molecular flexibility index (Phi) is 3.82. The van der Waals surface area contributed by atoms with E-state index >= 15 is 0 Å². The molecule has 2 N–H and O–H groups in total. The predicted molar refractivity (Wildman–Crippen MR) is 71.6 cm³/mol. The van der Waals surface area contributed by atoms with E-state index < -0.39 is 0 Å². The molecule has 0 radical (unpaired) electrons. The monoisotopic (exact) mass is 313 g/mol. The second-order valence-corrected chi connectivity index (χ2v) is 4.99. The van der Waals surface area contributed by atoms with Crippen LogP contribution < -0.4 is 5.73 Å². The molecular formula is C13H10BrClFN. The third-order valence-electron chi connectivity index (χ3n) is 2.52. The van der Waals surface area contributed by atoms with Gasteiger partial charge in [0, 0.05) is 9.50 Å². The first-order valence-electron chi connectivity index (χ1n) is 5.04. The van der Waals surface area contributed by atoms with Crippen LogP contribution in [0.15, 0.2) is 46.9 Å². The highest BCUT2D eigenvalue weighted by molar-refractivity contribution is 9.10. The summed E-state index contributed by atoms with van der Waals surface area (Å²) in [4.78, 5) is 0. The minimum absolute atomic E-state index is 0.299. The third kappa shape index (κ3) is 2.86. The van der Waals surface area contributed by atoms with Crippen LogP contribution in [-0.4, -0.2) is 0 Å². The second-order valence-electron chi connectivity index (χ2n) is 3.70. The molecular weight excluding hydrogens is 305 g/mol. The molecule has 0 amide bonds. The molecule has 4 heteroatoms. The van der Waals surface area contributed by atoms with Crippen molar-refractivity contribution in [1.29, 1.82) is 0 Å². The lowest BCUT2D eigenvalue weighted by Crippen LogP contribution is -2.12. The Labute approximate surface area is 113 Å². The van der Waals surface area contributed by atoms with E-state index in [2.05, 4.69) is 15.9 Å². The van der Waals surface area contributed by atoms with Crippen LogP contribution in [0.3, 0.4) is 0 Å². The fourth-order valence-corrected chi connectivity index (χ4v) is 2.22. The number of hydrogen-bond donors (Lipinski definition) is 1. The zero-order valence-electron chi connectivity index (χ0n) is 8.83. The van der Waals surface area contributed by atoms with Crippen molar-refractivity contribution in [2.45, 2.75) is 6.04 Å². The average molecular weight is 315 g/mol. The van der Waals surface area contributed by atoms with Gasteiger partial charge < -0.3 is 5.73 Å². The van der Waals surface area contributed by atoms with Gasteiger partial charge in [0.25, 0.3) is 0 Å². The predicted octanol–water partition coefficient (Wildman–Crippen LogP) is 4.29. The zero-order chi connectivity index (χ0) is 12.4. The van der Waals surface area contributed by atoms with Crippen molar-refractivity contribution >= 4 is 27.5 Å². The molecule has 1 nitrogen and oxygen atoms in total. The van der Waals surface area contributed by atoms with Crippen molar-refractivity contribution in [3.05, 3.63) is 68.9 Å². The molecule has 0 saturated heterocycles. The summed E-state index contributed by atoms with van der Waals surface area (Å²) in [5.41, 5.74) is 7.70. The summed E-state index contributed by atoms with van der Waals surface area (Å²) in [7, 11) is 0. The van der Waals surface area contributed by atoms with Crippen LogP contribution in [0.1, 0.15) is 17.2 Å². The van der Waals surface area contributed by atoms with Gasteiger partial charge in [-0.2, -0.15) is 0 Å². The standard InChI is InChI=1S/C13H10BrClFN/c14-12-6-5-10(16)7-11(12)13(17)8-1-3-9(15)4-2-8/h1-7,13H,17H2. The fraction of sp³-hybridized carbons (Fsp3) is 0.0769. The zero-order valence-corrected chi connectivity index (χ0v) is 11.2. The Morgan fingerprint density at radius 3 is 2.41 bits per heavy atom. The van der Waals surface area contributed by atoms with Gasteiger partial charge in [-0.05, 0) is 41.5 Å². The SMILES string of the molecule is NC(c1ccc(Cl)cc1)c1cc(F)ccc1Br. The molecule has 0 spiro atoms. The number of hydrogen-bond acceptors (Lipinski definition) is 1. The quantitative estimate of drug-likeness (QED) is 0.879. The molecule has 2 aromatic rings. The van der Waals surface area contributed by atoms with Crippen LogP contribution in [0, 0.1) is 5.82 Å². The maximum Gasteiger partial charge on any atom is 0.123 e. The second kappa shape index (κ2) is 5.17. The van der Waals surface area contributed by atoms with Gasteiger partial charge in [-0.15, -0.1) is 0 Å². The highest BCUT2D eigenvalue weighted by Crippen LogP contribution is 2.28. The van der Waals surface area contributed by atoms with E-state index in [1.807, 2.05) is 12.1 Å². The minimum atomic E-state index is -0.377. The number of benzene rings is 2. The van der Waals surface area contributed by atoms with Crippen molar-refractivity contribution in [2.24, 2.45) is 5.73 Å². The Balaban J connectivity index is 2.39. The number of nitrogens with two attached hydrogens (primary N) is 1. The Morgan fingerprint density at radius 2 is 1.76 bits per heavy atom. The van der Waals surface area contributed by atoms with Gasteiger partial charge in [-0.1, -0.05) is 39.7 Å². The summed E-state index contributed by atoms with van der Waals surface area (Å²) in [6.07, 6.45) is 0. The van der Waals surface area contributed by atoms with Crippen LogP contribution in [0.25, 0.3) is 0 Å². The summed E-state index contributed by atoms with van der Waals surface area (Å²) in [6, 6.07) is 11.3. The maximum absolute atomic E-state index is 13.2. The highest BCUT2D eigenvalue weighted by Gasteiger charge is 2.13.